The second-order valence-corrected chi connectivity index (χ2v) is 6.99. The van der Waals surface area contributed by atoms with Crippen LogP contribution < -0.4 is 5.32 Å². The molecule has 2 aliphatic carbocycles. The predicted octanol–water partition coefficient (Wildman–Crippen LogP) is 3.28. The molecule has 0 spiro atoms. The molecule has 2 atom stereocenters. The first-order valence-electron chi connectivity index (χ1n) is 8.08. The molecule has 0 bridgehead atoms. The van der Waals surface area contributed by atoms with Gasteiger partial charge in [0.1, 0.15) is 0 Å². The SMILES string of the molecule is CC1CC(C)CC(NCCN(C)C2CCCC2)C1. The summed E-state index contributed by atoms with van der Waals surface area (Å²) in [5.41, 5.74) is 0. The van der Waals surface area contributed by atoms with Crippen molar-refractivity contribution in [1.82, 2.24) is 10.2 Å². The molecular formula is C16H32N2. The van der Waals surface area contributed by atoms with Gasteiger partial charge in [0.15, 0.2) is 0 Å². The van der Waals surface area contributed by atoms with Gasteiger partial charge in [-0.15, -0.1) is 0 Å². The highest BCUT2D eigenvalue weighted by atomic mass is 15.1. The van der Waals surface area contributed by atoms with Gasteiger partial charge in [0.2, 0.25) is 0 Å². The summed E-state index contributed by atoms with van der Waals surface area (Å²) in [5, 5.41) is 3.80. The summed E-state index contributed by atoms with van der Waals surface area (Å²) in [6.07, 6.45) is 9.94. The zero-order valence-electron chi connectivity index (χ0n) is 12.6. The Hall–Kier alpha value is -0.0800. The van der Waals surface area contributed by atoms with Gasteiger partial charge in [-0.2, -0.15) is 0 Å². The van der Waals surface area contributed by atoms with Crippen molar-refractivity contribution in [3.8, 4) is 0 Å². The summed E-state index contributed by atoms with van der Waals surface area (Å²) in [6.45, 7) is 7.23. The molecule has 2 unspecified atom stereocenters. The minimum Gasteiger partial charge on any atom is -0.313 e. The molecule has 0 heterocycles. The van der Waals surface area contributed by atoms with Crippen molar-refractivity contribution >= 4 is 0 Å². The molecule has 0 aromatic carbocycles. The van der Waals surface area contributed by atoms with Crippen molar-refractivity contribution in [1.29, 1.82) is 0 Å². The van der Waals surface area contributed by atoms with Crippen LogP contribution in [0.3, 0.4) is 0 Å². The van der Waals surface area contributed by atoms with Gasteiger partial charge in [-0.25, -0.2) is 0 Å². The average Bonchev–Trinajstić information content (AvgIpc) is 2.80. The first kappa shape index (κ1) is 14.3. The van der Waals surface area contributed by atoms with Crippen molar-refractivity contribution in [2.24, 2.45) is 11.8 Å². The molecule has 2 heteroatoms. The Morgan fingerprint density at radius 1 is 1.00 bits per heavy atom. The van der Waals surface area contributed by atoms with Crippen LogP contribution >= 0.6 is 0 Å². The van der Waals surface area contributed by atoms with Gasteiger partial charge in [0, 0.05) is 25.2 Å². The minimum atomic E-state index is 0.778. The summed E-state index contributed by atoms with van der Waals surface area (Å²) < 4.78 is 0. The smallest absolute Gasteiger partial charge is 0.0107 e. The van der Waals surface area contributed by atoms with Crippen LogP contribution in [0.4, 0.5) is 0 Å². The van der Waals surface area contributed by atoms with Gasteiger partial charge >= 0.3 is 0 Å². The fourth-order valence-electron chi connectivity index (χ4n) is 4.09. The summed E-state index contributed by atoms with van der Waals surface area (Å²) in [7, 11) is 2.31. The van der Waals surface area contributed by atoms with Gasteiger partial charge in [-0.1, -0.05) is 26.7 Å². The molecule has 2 aliphatic rings. The van der Waals surface area contributed by atoms with E-state index in [-0.39, 0.29) is 0 Å². The maximum Gasteiger partial charge on any atom is 0.0107 e. The van der Waals surface area contributed by atoms with Gasteiger partial charge in [-0.3, -0.25) is 0 Å². The zero-order valence-corrected chi connectivity index (χ0v) is 12.6. The highest BCUT2D eigenvalue weighted by Gasteiger charge is 2.24. The summed E-state index contributed by atoms with van der Waals surface area (Å²) in [5.74, 6) is 1.83. The molecule has 1 N–H and O–H groups in total. The Morgan fingerprint density at radius 3 is 2.22 bits per heavy atom. The molecule has 0 saturated heterocycles. The monoisotopic (exact) mass is 252 g/mol. The molecule has 2 nitrogen and oxygen atoms in total. The lowest BCUT2D eigenvalue weighted by atomic mass is 9.80. The average molecular weight is 252 g/mol. The number of hydrogen-bond donors (Lipinski definition) is 1. The molecule has 106 valence electrons. The zero-order chi connectivity index (χ0) is 13.0. The molecule has 0 amide bonds. The van der Waals surface area contributed by atoms with E-state index in [1.807, 2.05) is 0 Å². The fourth-order valence-corrected chi connectivity index (χ4v) is 4.09. The summed E-state index contributed by atoms with van der Waals surface area (Å²) in [4.78, 5) is 2.58. The van der Waals surface area contributed by atoms with Crippen LogP contribution in [0.2, 0.25) is 0 Å². The molecule has 0 aromatic heterocycles. The Balaban J connectivity index is 1.62. The molecule has 2 saturated carbocycles. The third-order valence-corrected chi connectivity index (χ3v) is 5.02. The first-order valence-corrected chi connectivity index (χ1v) is 8.08. The van der Waals surface area contributed by atoms with Gasteiger partial charge in [0.05, 0.1) is 0 Å². The second-order valence-electron chi connectivity index (χ2n) is 6.99. The van der Waals surface area contributed by atoms with Crippen molar-refractivity contribution in [3.63, 3.8) is 0 Å². The standard InChI is InChI=1S/C16H32N2/c1-13-10-14(2)12-15(11-13)17-8-9-18(3)16-6-4-5-7-16/h13-17H,4-12H2,1-3H3. The highest BCUT2D eigenvalue weighted by Crippen LogP contribution is 2.28. The summed E-state index contributed by atoms with van der Waals surface area (Å²) in [6, 6.07) is 1.65. The van der Waals surface area contributed by atoms with Crippen LogP contribution in [0.1, 0.15) is 58.8 Å². The first-order chi connectivity index (χ1) is 8.65. The maximum atomic E-state index is 3.80. The minimum absolute atomic E-state index is 0.778. The van der Waals surface area contributed by atoms with E-state index in [0.717, 1.165) is 23.9 Å². The van der Waals surface area contributed by atoms with Gasteiger partial charge in [0.25, 0.3) is 0 Å². The molecular weight excluding hydrogens is 220 g/mol. The molecule has 2 rings (SSSR count). The van der Waals surface area contributed by atoms with Gasteiger partial charge in [-0.05, 0) is 51.0 Å². The molecule has 2 fully saturated rings. The topological polar surface area (TPSA) is 15.3 Å². The molecule has 0 aromatic rings. The predicted molar refractivity (Wildman–Crippen MR) is 78.9 cm³/mol. The Bertz CT molecular complexity index is 225. The third-order valence-electron chi connectivity index (χ3n) is 5.02. The van der Waals surface area contributed by atoms with Crippen LogP contribution in [0.25, 0.3) is 0 Å². The van der Waals surface area contributed by atoms with Crippen LogP contribution in [-0.4, -0.2) is 37.1 Å². The third kappa shape index (κ3) is 4.24. The summed E-state index contributed by atoms with van der Waals surface area (Å²) >= 11 is 0. The maximum absolute atomic E-state index is 3.80. The lowest BCUT2D eigenvalue weighted by Gasteiger charge is -2.33. The van der Waals surface area contributed by atoms with Crippen LogP contribution in [0.5, 0.6) is 0 Å². The number of hydrogen-bond acceptors (Lipinski definition) is 2. The molecule has 0 radical (unpaired) electrons. The van der Waals surface area contributed by atoms with E-state index < -0.39 is 0 Å². The van der Waals surface area contributed by atoms with E-state index in [0.29, 0.717) is 0 Å². The molecule has 0 aliphatic heterocycles. The van der Waals surface area contributed by atoms with Crippen LogP contribution in [0.15, 0.2) is 0 Å². The quantitative estimate of drug-likeness (QED) is 0.808. The van der Waals surface area contributed by atoms with E-state index in [1.165, 1.54) is 58.0 Å². The van der Waals surface area contributed by atoms with E-state index in [9.17, 15) is 0 Å². The van der Waals surface area contributed by atoms with Crippen molar-refractivity contribution in [2.75, 3.05) is 20.1 Å². The van der Waals surface area contributed by atoms with E-state index >= 15 is 0 Å². The Morgan fingerprint density at radius 2 is 1.61 bits per heavy atom. The van der Waals surface area contributed by atoms with Gasteiger partial charge < -0.3 is 10.2 Å². The second kappa shape index (κ2) is 6.91. The number of likely N-dealkylation sites (N-methyl/N-ethyl adjacent to an activating group) is 1. The lowest BCUT2D eigenvalue weighted by Crippen LogP contribution is -2.41. The Kier molecular flexibility index (Phi) is 5.50. The lowest BCUT2D eigenvalue weighted by molar-refractivity contribution is 0.213. The van der Waals surface area contributed by atoms with Crippen molar-refractivity contribution in [2.45, 2.75) is 70.9 Å². The number of nitrogens with one attached hydrogen (secondary N) is 1. The molecule has 18 heavy (non-hydrogen) atoms. The number of rotatable bonds is 5. The van der Waals surface area contributed by atoms with E-state index in [2.05, 4.69) is 31.1 Å². The van der Waals surface area contributed by atoms with Crippen molar-refractivity contribution in [3.05, 3.63) is 0 Å². The highest BCUT2D eigenvalue weighted by molar-refractivity contribution is 4.81. The number of nitrogens with zero attached hydrogens (tertiary/aromatic N) is 1. The van der Waals surface area contributed by atoms with E-state index in [1.54, 1.807) is 0 Å². The Labute approximate surface area is 114 Å². The largest absolute Gasteiger partial charge is 0.313 e. The normalized spacial score (nSPS) is 34.3. The van der Waals surface area contributed by atoms with E-state index in [4.69, 9.17) is 0 Å². The van der Waals surface area contributed by atoms with Crippen LogP contribution in [-0.2, 0) is 0 Å². The fraction of sp³-hybridized carbons (Fsp3) is 1.00. The van der Waals surface area contributed by atoms with Crippen LogP contribution in [0, 0.1) is 11.8 Å². The van der Waals surface area contributed by atoms with Crippen molar-refractivity contribution < 1.29 is 0 Å².